The van der Waals surface area contributed by atoms with E-state index in [1.54, 1.807) is 11.8 Å². The molecule has 2 aromatic rings. The normalized spacial score (nSPS) is 16.0. The Morgan fingerprint density at radius 2 is 1.86 bits per heavy atom. The van der Waals surface area contributed by atoms with Gasteiger partial charge in [0.2, 0.25) is 11.8 Å². The predicted molar refractivity (Wildman–Crippen MR) is 76.6 cm³/mol. The van der Waals surface area contributed by atoms with Gasteiger partial charge in [-0.25, -0.2) is 4.39 Å². The summed E-state index contributed by atoms with van der Waals surface area (Å²) in [6.07, 6.45) is 0. The molecule has 0 radical (unpaired) electrons. The molecule has 116 valence electrons. The average molecular weight is 304 g/mol. The third kappa shape index (κ3) is 3.30. The third-order valence-electron chi connectivity index (χ3n) is 3.68. The third-order valence-corrected chi connectivity index (χ3v) is 3.68. The minimum absolute atomic E-state index is 0.0618. The maximum absolute atomic E-state index is 12.9. The van der Waals surface area contributed by atoms with Gasteiger partial charge in [0.05, 0.1) is 6.54 Å². The van der Waals surface area contributed by atoms with Gasteiger partial charge in [-0.3, -0.25) is 9.69 Å². The largest absolute Gasteiger partial charge is 0.424 e. The Morgan fingerprint density at radius 1 is 1.18 bits per heavy atom. The highest BCUT2D eigenvalue weighted by atomic mass is 19.1. The first-order valence-electron chi connectivity index (χ1n) is 7.18. The zero-order valence-corrected chi connectivity index (χ0v) is 12.3. The van der Waals surface area contributed by atoms with Gasteiger partial charge in [0.25, 0.3) is 5.91 Å². The highest BCUT2D eigenvalue weighted by Gasteiger charge is 2.23. The Hall–Kier alpha value is -2.28. The standard InChI is InChI=1S/C15H17FN4O2/c1-11-17-18-14(22-11)10-19-6-8-20(9-7-19)15(21)12-2-4-13(16)5-3-12/h2-5H,6-10H2,1H3. The zero-order valence-electron chi connectivity index (χ0n) is 12.3. The summed E-state index contributed by atoms with van der Waals surface area (Å²) in [6, 6.07) is 5.65. The summed E-state index contributed by atoms with van der Waals surface area (Å²) in [6.45, 7) is 5.10. The number of aromatic nitrogens is 2. The lowest BCUT2D eigenvalue weighted by atomic mass is 10.2. The molecule has 0 aliphatic carbocycles. The molecule has 2 heterocycles. The molecule has 0 spiro atoms. The highest BCUT2D eigenvalue weighted by Crippen LogP contribution is 2.12. The van der Waals surface area contributed by atoms with E-state index < -0.39 is 0 Å². The number of benzene rings is 1. The van der Waals surface area contributed by atoms with Crippen molar-refractivity contribution in [2.24, 2.45) is 0 Å². The van der Waals surface area contributed by atoms with Crippen molar-refractivity contribution in [1.82, 2.24) is 20.0 Å². The molecule has 1 aromatic heterocycles. The molecule has 0 unspecified atom stereocenters. The minimum Gasteiger partial charge on any atom is -0.424 e. The smallest absolute Gasteiger partial charge is 0.253 e. The van der Waals surface area contributed by atoms with Crippen LogP contribution in [0.4, 0.5) is 4.39 Å². The number of piperazine rings is 1. The maximum atomic E-state index is 12.9. The Morgan fingerprint density at radius 3 is 2.45 bits per heavy atom. The fourth-order valence-electron chi connectivity index (χ4n) is 2.48. The maximum Gasteiger partial charge on any atom is 0.253 e. The van der Waals surface area contributed by atoms with Crippen molar-refractivity contribution in [2.75, 3.05) is 26.2 Å². The van der Waals surface area contributed by atoms with Crippen molar-refractivity contribution in [1.29, 1.82) is 0 Å². The van der Waals surface area contributed by atoms with Crippen LogP contribution in [0.2, 0.25) is 0 Å². The van der Waals surface area contributed by atoms with Crippen molar-refractivity contribution in [3.8, 4) is 0 Å². The molecule has 0 atom stereocenters. The van der Waals surface area contributed by atoms with Crippen molar-refractivity contribution in [3.05, 3.63) is 47.4 Å². The van der Waals surface area contributed by atoms with Crippen LogP contribution in [0, 0.1) is 12.7 Å². The van der Waals surface area contributed by atoms with Gasteiger partial charge in [-0.1, -0.05) is 0 Å². The van der Waals surface area contributed by atoms with E-state index in [0.717, 1.165) is 13.1 Å². The lowest BCUT2D eigenvalue weighted by Gasteiger charge is -2.34. The van der Waals surface area contributed by atoms with Gasteiger partial charge in [-0.2, -0.15) is 0 Å². The van der Waals surface area contributed by atoms with E-state index in [1.807, 2.05) is 0 Å². The first kappa shape index (κ1) is 14.6. The minimum atomic E-state index is -0.337. The van der Waals surface area contributed by atoms with Gasteiger partial charge < -0.3 is 9.32 Å². The SMILES string of the molecule is Cc1nnc(CN2CCN(C(=O)c3ccc(F)cc3)CC2)o1. The van der Waals surface area contributed by atoms with Gasteiger partial charge in [0.1, 0.15) is 5.82 Å². The summed E-state index contributed by atoms with van der Waals surface area (Å²) >= 11 is 0. The fraction of sp³-hybridized carbons (Fsp3) is 0.400. The number of halogens is 1. The molecule has 1 fully saturated rings. The van der Waals surface area contributed by atoms with Crippen LogP contribution >= 0.6 is 0 Å². The lowest BCUT2D eigenvalue weighted by Crippen LogP contribution is -2.48. The van der Waals surface area contributed by atoms with E-state index in [2.05, 4.69) is 15.1 Å². The van der Waals surface area contributed by atoms with Gasteiger partial charge in [-0.05, 0) is 24.3 Å². The van der Waals surface area contributed by atoms with Crippen LogP contribution < -0.4 is 0 Å². The summed E-state index contributed by atoms with van der Waals surface area (Å²) in [4.78, 5) is 16.3. The molecular formula is C15H17FN4O2. The van der Waals surface area contributed by atoms with E-state index in [1.165, 1.54) is 24.3 Å². The number of amides is 1. The fourth-order valence-corrected chi connectivity index (χ4v) is 2.48. The molecule has 1 aromatic carbocycles. The summed E-state index contributed by atoms with van der Waals surface area (Å²) in [5.74, 6) is 0.750. The van der Waals surface area contributed by atoms with Gasteiger partial charge in [-0.15, -0.1) is 10.2 Å². The quantitative estimate of drug-likeness (QED) is 0.859. The van der Waals surface area contributed by atoms with Crippen molar-refractivity contribution in [3.63, 3.8) is 0 Å². The average Bonchev–Trinajstić information content (AvgIpc) is 2.93. The van der Waals surface area contributed by atoms with Gasteiger partial charge in [0, 0.05) is 38.7 Å². The van der Waals surface area contributed by atoms with Crippen LogP contribution in [0.3, 0.4) is 0 Å². The molecular weight excluding hydrogens is 287 g/mol. The molecule has 1 amide bonds. The van der Waals surface area contributed by atoms with Crippen LogP contribution in [-0.4, -0.2) is 52.1 Å². The molecule has 3 rings (SSSR count). The van der Waals surface area contributed by atoms with Crippen LogP contribution in [0.1, 0.15) is 22.1 Å². The molecule has 1 saturated heterocycles. The van der Waals surface area contributed by atoms with Crippen molar-refractivity contribution in [2.45, 2.75) is 13.5 Å². The van der Waals surface area contributed by atoms with Gasteiger partial charge >= 0.3 is 0 Å². The van der Waals surface area contributed by atoms with Crippen molar-refractivity contribution < 1.29 is 13.6 Å². The number of rotatable bonds is 3. The van der Waals surface area contributed by atoms with Crippen LogP contribution in [0.15, 0.2) is 28.7 Å². The number of carbonyl (C=O) groups is 1. The molecule has 1 aliphatic heterocycles. The lowest BCUT2D eigenvalue weighted by molar-refractivity contribution is 0.0617. The Labute approximate surface area is 127 Å². The zero-order chi connectivity index (χ0) is 15.5. The molecule has 0 N–H and O–H groups in total. The molecule has 1 aliphatic rings. The van der Waals surface area contributed by atoms with E-state index in [0.29, 0.717) is 37.0 Å². The molecule has 7 heteroatoms. The second-order valence-corrected chi connectivity index (χ2v) is 5.29. The van der Waals surface area contributed by atoms with E-state index in [9.17, 15) is 9.18 Å². The number of hydrogen-bond acceptors (Lipinski definition) is 5. The predicted octanol–water partition coefficient (Wildman–Crippen LogP) is 1.48. The summed E-state index contributed by atoms with van der Waals surface area (Å²) in [5, 5.41) is 7.78. The molecule has 0 bridgehead atoms. The number of carbonyl (C=O) groups excluding carboxylic acids is 1. The molecule has 0 saturated carbocycles. The summed E-state index contributed by atoms with van der Waals surface area (Å²) in [5.41, 5.74) is 0.516. The van der Waals surface area contributed by atoms with Crippen molar-refractivity contribution >= 4 is 5.91 Å². The van der Waals surface area contributed by atoms with Gasteiger partial charge in [0.15, 0.2) is 0 Å². The van der Waals surface area contributed by atoms with E-state index in [4.69, 9.17) is 4.42 Å². The Kier molecular flexibility index (Phi) is 4.15. The first-order valence-corrected chi connectivity index (χ1v) is 7.18. The second-order valence-electron chi connectivity index (χ2n) is 5.29. The number of aryl methyl sites for hydroxylation is 1. The summed E-state index contributed by atoms with van der Waals surface area (Å²) in [7, 11) is 0. The molecule has 6 nitrogen and oxygen atoms in total. The van der Waals surface area contributed by atoms with E-state index in [-0.39, 0.29) is 11.7 Å². The topological polar surface area (TPSA) is 62.5 Å². The Bertz CT molecular complexity index is 648. The highest BCUT2D eigenvalue weighted by molar-refractivity contribution is 5.94. The second kappa shape index (κ2) is 6.23. The Balaban J connectivity index is 1.55. The molecule has 22 heavy (non-hydrogen) atoms. The number of hydrogen-bond donors (Lipinski definition) is 0. The first-order chi connectivity index (χ1) is 10.6. The van der Waals surface area contributed by atoms with Crippen LogP contribution in [-0.2, 0) is 6.54 Å². The monoisotopic (exact) mass is 304 g/mol. The summed E-state index contributed by atoms with van der Waals surface area (Å²) < 4.78 is 18.3. The van der Waals surface area contributed by atoms with Crippen LogP contribution in [0.25, 0.3) is 0 Å². The van der Waals surface area contributed by atoms with Crippen LogP contribution in [0.5, 0.6) is 0 Å². The number of nitrogens with zero attached hydrogens (tertiary/aromatic N) is 4. The van der Waals surface area contributed by atoms with E-state index >= 15 is 0 Å².